The van der Waals surface area contributed by atoms with Crippen LogP contribution in [0.25, 0.3) is 11.0 Å². The van der Waals surface area contributed by atoms with E-state index in [-0.39, 0.29) is 6.03 Å². The number of rotatable bonds is 2. The van der Waals surface area contributed by atoms with Crippen molar-refractivity contribution in [3.05, 3.63) is 24.5 Å². The number of aryl methyl sites for hydroxylation is 1. The third kappa shape index (κ3) is 2.54. The van der Waals surface area contributed by atoms with Crippen molar-refractivity contribution in [3.63, 3.8) is 0 Å². The lowest BCUT2D eigenvalue weighted by atomic mass is 10.2. The zero-order valence-corrected chi connectivity index (χ0v) is 11.0. The molecule has 0 saturated heterocycles. The minimum absolute atomic E-state index is 0.123. The Hall–Kier alpha value is -2.04. The van der Waals surface area contributed by atoms with Crippen molar-refractivity contribution in [1.29, 1.82) is 0 Å². The molecule has 0 radical (unpaired) electrons. The van der Waals surface area contributed by atoms with Crippen LogP contribution < -0.4 is 10.6 Å². The number of hydrogen-bond acceptors (Lipinski definition) is 2. The first-order chi connectivity index (χ1) is 9.22. The summed E-state index contributed by atoms with van der Waals surface area (Å²) in [6, 6.07) is 5.97. The molecule has 2 amide bonds. The normalized spacial score (nSPS) is 15.8. The minimum atomic E-state index is -0.123. The SMILES string of the molecule is Cn1cnc2cc(NC(=O)NC3CCCC3)ccc21. The molecule has 1 aromatic carbocycles. The summed E-state index contributed by atoms with van der Waals surface area (Å²) in [6.07, 6.45) is 6.38. The fourth-order valence-electron chi connectivity index (χ4n) is 2.64. The van der Waals surface area contributed by atoms with Crippen LogP contribution in [0.5, 0.6) is 0 Å². The molecule has 5 heteroatoms. The van der Waals surface area contributed by atoms with Gasteiger partial charge in [0.2, 0.25) is 0 Å². The van der Waals surface area contributed by atoms with Gasteiger partial charge in [-0.1, -0.05) is 12.8 Å². The molecule has 0 bridgehead atoms. The van der Waals surface area contributed by atoms with Gasteiger partial charge in [0.15, 0.2) is 0 Å². The van der Waals surface area contributed by atoms with E-state index in [1.165, 1.54) is 12.8 Å². The molecule has 0 spiro atoms. The number of anilines is 1. The lowest BCUT2D eigenvalue weighted by molar-refractivity contribution is 0.248. The maximum Gasteiger partial charge on any atom is 0.319 e. The number of benzene rings is 1. The molecule has 0 aliphatic heterocycles. The molecule has 0 unspecified atom stereocenters. The van der Waals surface area contributed by atoms with Gasteiger partial charge in [0.1, 0.15) is 0 Å². The molecule has 1 saturated carbocycles. The summed E-state index contributed by atoms with van der Waals surface area (Å²) < 4.78 is 1.96. The van der Waals surface area contributed by atoms with Gasteiger partial charge in [-0.2, -0.15) is 0 Å². The summed E-state index contributed by atoms with van der Waals surface area (Å²) in [6.45, 7) is 0. The molecule has 19 heavy (non-hydrogen) atoms. The summed E-state index contributed by atoms with van der Waals surface area (Å²) in [5, 5.41) is 5.88. The van der Waals surface area contributed by atoms with Crippen molar-refractivity contribution in [2.45, 2.75) is 31.7 Å². The van der Waals surface area contributed by atoms with Crippen LogP contribution in [0.1, 0.15) is 25.7 Å². The molecule has 1 fully saturated rings. The number of carbonyl (C=O) groups is 1. The lowest BCUT2D eigenvalue weighted by Crippen LogP contribution is -2.36. The molecule has 0 atom stereocenters. The Morgan fingerprint density at radius 1 is 1.37 bits per heavy atom. The third-order valence-corrected chi connectivity index (χ3v) is 3.67. The second-order valence-electron chi connectivity index (χ2n) is 5.14. The molecule has 2 N–H and O–H groups in total. The van der Waals surface area contributed by atoms with Gasteiger partial charge in [0.05, 0.1) is 17.4 Å². The highest BCUT2D eigenvalue weighted by molar-refractivity contribution is 5.92. The predicted octanol–water partition coefficient (Wildman–Crippen LogP) is 2.64. The number of nitrogens with zero attached hydrogens (tertiary/aromatic N) is 2. The number of amides is 2. The molecule has 5 nitrogen and oxygen atoms in total. The third-order valence-electron chi connectivity index (χ3n) is 3.67. The number of hydrogen-bond donors (Lipinski definition) is 2. The fourth-order valence-corrected chi connectivity index (χ4v) is 2.64. The van der Waals surface area contributed by atoms with Gasteiger partial charge in [-0.05, 0) is 31.0 Å². The van der Waals surface area contributed by atoms with Crippen molar-refractivity contribution in [2.24, 2.45) is 7.05 Å². The Balaban J connectivity index is 1.68. The molecule has 2 aromatic rings. The van der Waals surface area contributed by atoms with Crippen LogP contribution in [0.2, 0.25) is 0 Å². The number of carbonyl (C=O) groups excluding carboxylic acids is 1. The van der Waals surface area contributed by atoms with Crippen LogP contribution in [0, 0.1) is 0 Å². The van der Waals surface area contributed by atoms with Gasteiger partial charge >= 0.3 is 6.03 Å². The highest BCUT2D eigenvalue weighted by Crippen LogP contribution is 2.19. The zero-order chi connectivity index (χ0) is 13.2. The number of fused-ring (bicyclic) bond motifs is 1. The van der Waals surface area contributed by atoms with Gasteiger partial charge in [-0.25, -0.2) is 9.78 Å². The summed E-state index contributed by atoms with van der Waals surface area (Å²) in [5.74, 6) is 0. The van der Waals surface area contributed by atoms with Gasteiger partial charge in [-0.15, -0.1) is 0 Å². The average Bonchev–Trinajstić information content (AvgIpc) is 3.00. The molecular weight excluding hydrogens is 240 g/mol. The van der Waals surface area contributed by atoms with E-state index in [4.69, 9.17) is 0 Å². The number of nitrogens with one attached hydrogen (secondary N) is 2. The second kappa shape index (κ2) is 4.91. The highest BCUT2D eigenvalue weighted by atomic mass is 16.2. The molecule has 1 aliphatic rings. The van der Waals surface area contributed by atoms with Crippen LogP contribution in [-0.4, -0.2) is 21.6 Å². The summed E-state index contributed by atoms with van der Waals surface area (Å²) in [7, 11) is 1.95. The first kappa shape index (κ1) is 12.0. The molecule has 1 heterocycles. The van der Waals surface area contributed by atoms with E-state index >= 15 is 0 Å². The number of imidazole rings is 1. The standard InChI is InChI=1S/C14H18N4O/c1-18-9-15-12-8-11(6-7-13(12)18)17-14(19)16-10-4-2-3-5-10/h6-10H,2-5H2,1H3,(H2,16,17,19). The maximum atomic E-state index is 11.9. The Bertz CT molecular complexity index is 599. The summed E-state index contributed by atoms with van der Waals surface area (Å²) in [5.41, 5.74) is 2.73. The van der Waals surface area contributed by atoms with E-state index in [2.05, 4.69) is 15.6 Å². The smallest absolute Gasteiger partial charge is 0.319 e. The van der Waals surface area contributed by atoms with Crippen LogP contribution in [0.15, 0.2) is 24.5 Å². The monoisotopic (exact) mass is 258 g/mol. The lowest BCUT2D eigenvalue weighted by Gasteiger charge is -2.12. The van der Waals surface area contributed by atoms with E-state index in [9.17, 15) is 4.79 Å². The van der Waals surface area contributed by atoms with Crippen LogP contribution in [0.3, 0.4) is 0 Å². The van der Waals surface area contributed by atoms with Gasteiger partial charge in [-0.3, -0.25) is 0 Å². The number of urea groups is 1. The van der Waals surface area contributed by atoms with E-state index in [1.807, 2.05) is 29.8 Å². The molecular formula is C14H18N4O. The van der Waals surface area contributed by atoms with Crippen LogP contribution in [-0.2, 0) is 7.05 Å². The van der Waals surface area contributed by atoms with Crippen molar-refractivity contribution in [1.82, 2.24) is 14.9 Å². The van der Waals surface area contributed by atoms with Crippen LogP contribution >= 0.6 is 0 Å². The van der Waals surface area contributed by atoms with Gasteiger partial charge < -0.3 is 15.2 Å². The molecule has 3 rings (SSSR count). The highest BCUT2D eigenvalue weighted by Gasteiger charge is 2.17. The Kier molecular flexibility index (Phi) is 3.11. The first-order valence-corrected chi connectivity index (χ1v) is 6.71. The molecule has 1 aliphatic carbocycles. The van der Waals surface area contributed by atoms with E-state index in [0.29, 0.717) is 6.04 Å². The minimum Gasteiger partial charge on any atom is -0.335 e. The predicted molar refractivity (Wildman–Crippen MR) is 75.1 cm³/mol. The summed E-state index contributed by atoms with van der Waals surface area (Å²) >= 11 is 0. The average molecular weight is 258 g/mol. The van der Waals surface area contributed by atoms with Crippen LogP contribution in [0.4, 0.5) is 10.5 Å². The summed E-state index contributed by atoms with van der Waals surface area (Å²) in [4.78, 5) is 16.1. The molecule has 100 valence electrons. The maximum absolute atomic E-state index is 11.9. The first-order valence-electron chi connectivity index (χ1n) is 6.71. The Morgan fingerprint density at radius 2 is 2.16 bits per heavy atom. The fraction of sp³-hybridized carbons (Fsp3) is 0.429. The van der Waals surface area contributed by atoms with Crippen molar-refractivity contribution in [3.8, 4) is 0 Å². The van der Waals surface area contributed by atoms with E-state index in [0.717, 1.165) is 29.6 Å². The molecule has 1 aromatic heterocycles. The number of aromatic nitrogens is 2. The van der Waals surface area contributed by atoms with Gasteiger partial charge in [0, 0.05) is 18.8 Å². The Labute approximate surface area is 112 Å². The van der Waals surface area contributed by atoms with E-state index in [1.54, 1.807) is 6.33 Å². The van der Waals surface area contributed by atoms with Crippen molar-refractivity contribution < 1.29 is 4.79 Å². The topological polar surface area (TPSA) is 59.0 Å². The largest absolute Gasteiger partial charge is 0.335 e. The van der Waals surface area contributed by atoms with E-state index < -0.39 is 0 Å². The van der Waals surface area contributed by atoms with Crippen molar-refractivity contribution >= 4 is 22.8 Å². The Morgan fingerprint density at radius 3 is 2.95 bits per heavy atom. The van der Waals surface area contributed by atoms with Gasteiger partial charge in [0.25, 0.3) is 0 Å². The zero-order valence-electron chi connectivity index (χ0n) is 11.0. The quantitative estimate of drug-likeness (QED) is 0.870. The van der Waals surface area contributed by atoms with Crippen molar-refractivity contribution in [2.75, 3.05) is 5.32 Å². The second-order valence-corrected chi connectivity index (χ2v) is 5.14.